The van der Waals surface area contributed by atoms with Crippen LogP contribution in [0.3, 0.4) is 0 Å². The van der Waals surface area contributed by atoms with Crippen molar-refractivity contribution in [3.63, 3.8) is 0 Å². The molecule has 0 aliphatic heterocycles. The van der Waals surface area contributed by atoms with Gasteiger partial charge in [-0.2, -0.15) is 13.2 Å². The summed E-state index contributed by atoms with van der Waals surface area (Å²) in [6.07, 6.45) is -5.21. The van der Waals surface area contributed by atoms with Crippen molar-refractivity contribution in [1.82, 2.24) is 0 Å². The highest BCUT2D eigenvalue weighted by Crippen LogP contribution is 2.38. The fourth-order valence-electron chi connectivity index (χ4n) is 2.30. The van der Waals surface area contributed by atoms with Crippen LogP contribution in [0.15, 0.2) is 29.6 Å². The first-order chi connectivity index (χ1) is 12.9. The van der Waals surface area contributed by atoms with Crippen molar-refractivity contribution < 1.29 is 32.2 Å². The van der Waals surface area contributed by atoms with Gasteiger partial charge in [-0.25, -0.2) is 9.59 Å². The molecule has 1 N–H and O–H groups in total. The molecule has 9 heteroatoms. The maximum absolute atomic E-state index is 12.8. The predicted octanol–water partition coefficient (Wildman–Crippen LogP) is 5.96. The Morgan fingerprint density at radius 1 is 1.11 bits per heavy atom. The lowest BCUT2D eigenvalue weighted by molar-refractivity contribution is -0.137. The average molecular weight is 415 g/mol. The van der Waals surface area contributed by atoms with E-state index < -0.39 is 29.4 Å². The third-order valence-corrected chi connectivity index (χ3v) is 4.30. The summed E-state index contributed by atoms with van der Waals surface area (Å²) >= 11 is 1.05. The lowest BCUT2D eigenvalue weighted by Gasteiger charge is -2.19. The minimum absolute atomic E-state index is 0.0671. The molecular weight excluding hydrogens is 395 g/mol. The molecule has 1 aromatic heterocycles. The first-order valence-corrected chi connectivity index (χ1v) is 9.26. The molecule has 0 aliphatic rings. The number of hydrogen-bond acceptors (Lipinski definition) is 5. The third-order valence-electron chi connectivity index (χ3n) is 3.41. The summed E-state index contributed by atoms with van der Waals surface area (Å²) < 4.78 is 48.6. The van der Waals surface area contributed by atoms with Gasteiger partial charge in [0, 0.05) is 10.9 Å². The van der Waals surface area contributed by atoms with E-state index in [1.54, 1.807) is 33.1 Å². The molecule has 0 bridgehead atoms. The number of alkyl halides is 3. The van der Waals surface area contributed by atoms with Crippen LogP contribution in [0.25, 0.3) is 11.1 Å². The third kappa shape index (κ3) is 5.48. The van der Waals surface area contributed by atoms with Crippen molar-refractivity contribution in [2.45, 2.75) is 39.5 Å². The Kier molecular flexibility index (Phi) is 6.38. The Morgan fingerprint density at radius 3 is 2.21 bits per heavy atom. The molecule has 2 aromatic rings. The van der Waals surface area contributed by atoms with E-state index in [4.69, 9.17) is 9.47 Å². The van der Waals surface area contributed by atoms with Crippen molar-refractivity contribution >= 4 is 28.4 Å². The SMILES string of the molecule is CCOC(=O)c1c(-c2ccc(C(F)(F)F)cc2)csc1NC(=O)OC(C)(C)C. The van der Waals surface area contributed by atoms with Crippen molar-refractivity contribution in [3.8, 4) is 11.1 Å². The van der Waals surface area contributed by atoms with E-state index in [2.05, 4.69) is 5.32 Å². The molecule has 0 unspecified atom stereocenters. The number of hydrogen-bond donors (Lipinski definition) is 1. The monoisotopic (exact) mass is 415 g/mol. The topological polar surface area (TPSA) is 64.6 Å². The van der Waals surface area contributed by atoms with Gasteiger partial charge in [0.15, 0.2) is 0 Å². The van der Waals surface area contributed by atoms with Gasteiger partial charge in [-0.05, 0) is 45.4 Å². The van der Waals surface area contributed by atoms with E-state index in [0.29, 0.717) is 11.1 Å². The highest BCUT2D eigenvalue weighted by molar-refractivity contribution is 7.15. The zero-order valence-corrected chi connectivity index (χ0v) is 16.6. The largest absolute Gasteiger partial charge is 0.462 e. The number of halogens is 3. The molecule has 0 radical (unpaired) electrons. The average Bonchev–Trinajstić information content (AvgIpc) is 2.96. The van der Waals surface area contributed by atoms with Crippen LogP contribution in [0.5, 0.6) is 0 Å². The van der Waals surface area contributed by atoms with Crippen LogP contribution in [-0.2, 0) is 15.7 Å². The molecule has 28 heavy (non-hydrogen) atoms. The second kappa shape index (κ2) is 8.22. The molecule has 5 nitrogen and oxygen atoms in total. The van der Waals surface area contributed by atoms with Crippen LogP contribution < -0.4 is 5.32 Å². The van der Waals surface area contributed by atoms with Crippen LogP contribution in [0, 0.1) is 0 Å². The van der Waals surface area contributed by atoms with E-state index in [0.717, 1.165) is 23.5 Å². The van der Waals surface area contributed by atoms with E-state index in [-0.39, 0.29) is 17.2 Å². The molecule has 1 amide bonds. The number of carbonyl (C=O) groups excluding carboxylic acids is 2. The second-order valence-corrected chi connectivity index (χ2v) is 7.66. The molecule has 0 atom stereocenters. The number of ether oxygens (including phenoxy) is 2. The maximum atomic E-state index is 12.8. The van der Waals surface area contributed by atoms with Crippen LogP contribution in [-0.4, -0.2) is 24.3 Å². The van der Waals surface area contributed by atoms with Gasteiger partial charge in [0.2, 0.25) is 0 Å². The smallest absolute Gasteiger partial charge is 0.416 e. The van der Waals surface area contributed by atoms with Gasteiger partial charge in [0.05, 0.1) is 12.2 Å². The summed E-state index contributed by atoms with van der Waals surface area (Å²) in [7, 11) is 0. The molecule has 0 aliphatic carbocycles. The summed E-state index contributed by atoms with van der Waals surface area (Å²) in [5.74, 6) is -0.690. The summed E-state index contributed by atoms with van der Waals surface area (Å²) in [6, 6.07) is 4.40. The second-order valence-electron chi connectivity index (χ2n) is 6.78. The summed E-state index contributed by atoms with van der Waals surface area (Å²) in [4.78, 5) is 24.5. The molecular formula is C19H20F3NO4S. The number of esters is 1. The Morgan fingerprint density at radius 2 is 1.71 bits per heavy atom. The first kappa shape index (κ1) is 21.7. The summed E-state index contributed by atoms with van der Waals surface area (Å²) in [6.45, 7) is 6.82. The minimum atomic E-state index is -4.46. The number of rotatable bonds is 4. The van der Waals surface area contributed by atoms with Gasteiger partial charge < -0.3 is 9.47 Å². The van der Waals surface area contributed by atoms with Crippen molar-refractivity contribution in [1.29, 1.82) is 0 Å². The number of benzene rings is 1. The number of thiophene rings is 1. The van der Waals surface area contributed by atoms with Gasteiger partial charge >= 0.3 is 18.2 Å². The molecule has 0 fully saturated rings. The molecule has 0 spiro atoms. The van der Waals surface area contributed by atoms with Crippen molar-refractivity contribution in [2.75, 3.05) is 11.9 Å². The molecule has 2 rings (SSSR count). The number of amides is 1. The molecule has 1 heterocycles. The first-order valence-electron chi connectivity index (χ1n) is 8.38. The van der Waals surface area contributed by atoms with Crippen LogP contribution in [0.4, 0.5) is 23.0 Å². The summed E-state index contributed by atoms with van der Waals surface area (Å²) in [5, 5.41) is 4.28. The summed E-state index contributed by atoms with van der Waals surface area (Å²) in [5.41, 5.74) is -0.705. The Bertz CT molecular complexity index is 852. The number of carbonyl (C=O) groups is 2. The van der Waals surface area contributed by atoms with Gasteiger partial charge in [-0.3, -0.25) is 5.32 Å². The van der Waals surface area contributed by atoms with Crippen molar-refractivity contribution in [2.24, 2.45) is 0 Å². The lowest BCUT2D eigenvalue weighted by atomic mass is 10.0. The van der Waals surface area contributed by atoms with E-state index in [9.17, 15) is 22.8 Å². The van der Waals surface area contributed by atoms with Crippen LogP contribution in [0.1, 0.15) is 43.6 Å². The molecule has 152 valence electrons. The van der Waals surface area contributed by atoms with E-state index in [1.807, 2.05) is 0 Å². The van der Waals surface area contributed by atoms with E-state index in [1.165, 1.54) is 12.1 Å². The molecule has 0 saturated carbocycles. The zero-order chi connectivity index (χ0) is 21.1. The van der Waals surface area contributed by atoms with Gasteiger partial charge in [-0.1, -0.05) is 12.1 Å². The molecule has 1 aromatic carbocycles. The van der Waals surface area contributed by atoms with Gasteiger partial charge in [0.25, 0.3) is 0 Å². The Labute approximate surface area is 164 Å². The zero-order valence-electron chi connectivity index (χ0n) is 15.8. The lowest BCUT2D eigenvalue weighted by Crippen LogP contribution is -2.27. The number of anilines is 1. The Hall–Kier alpha value is -2.55. The van der Waals surface area contributed by atoms with Gasteiger partial charge in [-0.15, -0.1) is 11.3 Å². The highest BCUT2D eigenvalue weighted by Gasteiger charge is 2.30. The van der Waals surface area contributed by atoms with E-state index >= 15 is 0 Å². The quantitative estimate of drug-likeness (QED) is 0.626. The fourth-order valence-corrected chi connectivity index (χ4v) is 3.25. The van der Waals surface area contributed by atoms with Gasteiger partial charge in [0.1, 0.15) is 16.2 Å². The van der Waals surface area contributed by atoms with Crippen molar-refractivity contribution in [3.05, 3.63) is 40.8 Å². The molecule has 0 saturated heterocycles. The predicted molar refractivity (Wildman–Crippen MR) is 101 cm³/mol. The normalized spacial score (nSPS) is 11.8. The minimum Gasteiger partial charge on any atom is -0.462 e. The van der Waals surface area contributed by atoms with Crippen LogP contribution >= 0.6 is 11.3 Å². The highest BCUT2D eigenvalue weighted by atomic mass is 32.1. The maximum Gasteiger partial charge on any atom is 0.416 e. The fraction of sp³-hybridized carbons (Fsp3) is 0.368. The van der Waals surface area contributed by atoms with Crippen LogP contribution in [0.2, 0.25) is 0 Å². The Balaban J connectivity index is 2.41. The number of nitrogens with one attached hydrogen (secondary N) is 1. The standard InChI is InChI=1S/C19H20F3NO4S/c1-5-26-16(24)14-13(11-6-8-12(9-7-11)19(20,21)22)10-28-15(14)23-17(25)27-18(2,3)4/h6-10H,5H2,1-4H3,(H,23,25).